The van der Waals surface area contributed by atoms with E-state index in [2.05, 4.69) is 9.97 Å². The Balaban J connectivity index is 1.51. The highest BCUT2D eigenvalue weighted by Gasteiger charge is 2.29. The minimum absolute atomic E-state index is 0.0786. The molecule has 2 N–H and O–H groups in total. The monoisotopic (exact) mass is 344 g/mol. The van der Waals surface area contributed by atoms with Gasteiger partial charge in [-0.15, -0.1) is 0 Å². The van der Waals surface area contributed by atoms with Crippen molar-refractivity contribution in [3.63, 3.8) is 0 Å². The first-order valence-corrected chi connectivity index (χ1v) is 7.71. The fourth-order valence-corrected chi connectivity index (χ4v) is 2.80. The average molecular weight is 344 g/mol. The first-order chi connectivity index (χ1) is 12.0. The van der Waals surface area contributed by atoms with Crippen molar-refractivity contribution >= 4 is 17.8 Å². The molecule has 0 spiro atoms. The summed E-state index contributed by atoms with van der Waals surface area (Å²) in [6.07, 6.45) is 4.51. The molecule has 0 radical (unpaired) electrons. The van der Waals surface area contributed by atoms with Gasteiger partial charge in [0.1, 0.15) is 11.9 Å². The third-order valence-corrected chi connectivity index (χ3v) is 4.06. The summed E-state index contributed by atoms with van der Waals surface area (Å²) in [4.78, 5) is 29.9. The number of nitrogen functional groups attached to an aromatic ring is 1. The SMILES string of the molecule is Nc1ncc([C@H]2CC[C@@H](OC(=O)Oc3ccc([N+](=O)[O-])cc3)C2)cn1. The van der Waals surface area contributed by atoms with E-state index in [-0.39, 0.29) is 29.4 Å². The van der Waals surface area contributed by atoms with Crippen LogP contribution >= 0.6 is 0 Å². The number of hydrogen-bond acceptors (Lipinski definition) is 8. The van der Waals surface area contributed by atoms with Gasteiger partial charge in [-0.05, 0) is 42.9 Å². The number of rotatable bonds is 4. The van der Waals surface area contributed by atoms with Crippen LogP contribution in [0, 0.1) is 10.1 Å². The van der Waals surface area contributed by atoms with Crippen LogP contribution in [0.15, 0.2) is 36.7 Å². The third kappa shape index (κ3) is 4.19. The van der Waals surface area contributed by atoms with Gasteiger partial charge in [0.15, 0.2) is 0 Å². The van der Waals surface area contributed by atoms with E-state index >= 15 is 0 Å². The van der Waals surface area contributed by atoms with E-state index in [0.29, 0.717) is 12.8 Å². The molecule has 2 atom stereocenters. The number of hydrogen-bond donors (Lipinski definition) is 1. The second kappa shape index (κ2) is 7.12. The first-order valence-electron chi connectivity index (χ1n) is 7.71. The van der Waals surface area contributed by atoms with Gasteiger partial charge in [-0.2, -0.15) is 0 Å². The molecular weight excluding hydrogens is 328 g/mol. The second-order valence-electron chi connectivity index (χ2n) is 5.73. The molecule has 130 valence electrons. The maximum Gasteiger partial charge on any atom is 0.514 e. The summed E-state index contributed by atoms with van der Waals surface area (Å²) in [5, 5.41) is 10.6. The van der Waals surface area contributed by atoms with Crippen molar-refractivity contribution in [3.8, 4) is 5.75 Å². The Labute approximate surface area is 142 Å². The number of benzene rings is 1. The van der Waals surface area contributed by atoms with E-state index in [1.807, 2.05) is 0 Å². The number of carbonyl (C=O) groups is 1. The van der Waals surface area contributed by atoms with Gasteiger partial charge in [0.2, 0.25) is 5.95 Å². The molecule has 0 saturated heterocycles. The van der Waals surface area contributed by atoms with Gasteiger partial charge in [-0.3, -0.25) is 10.1 Å². The van der Waals surface area contributed by atoms with Gasteiger partial charge in [0.05, 0.1) is 4.92 Å². The Morgan fingerprint density at radius 2 is 1.88 bits per heavy atom. The van der Waals surface area contributed by atoms with Crippen molar-refractivity contribution in [1.82, 2.24) is 9.97 Å². The number of anilines is 1. The van der Waals surface area contributed by atoms with E-state index in [1.54, 1.807) is 12.4 Å². The topological polar surface area (TPSA) is 130 Å². The highest BCUT2D eigenvalue weighted by molar-refractivity contribution is 5.64. The molecule has 1 aromatic heterocycles. The van der Waals surface area contributed by atoms with Crippen LogP contribution in [-0.4, -0.2) is 27.2 Å². The van der Waals surface area contributed by atoms with Crippen LogP contribution in [0.25, 0.3) is 0 Å². The van der Waals surface area contributed by atoms with Gasteiger partial charge >= 0.3 is 6.16 Å². The standard InChI is InChI=1S/C16H16N4O5/c17-15-18-8-11(9-19-15)10-1-4-14(7-10)25-16(21)24-13-5-2-12(3-6-13)20(22)23/h2-3,5-6,8-10,14H,1,4,7H2,(H2,17,18,19)/t10-,14+/m0/s1. The number of ether oxygens (including phenoxy) is 2. The normalized spacial score (nSPS) is 19.4. The molecule has 3 rings (SSSR count). The Morgan fingerprint density at radius 1 is 1.20 bits per heavy atom. The molecule has 1 heterocycles. The summed E-state index contributed by atoms with van der Waals surface area (Å²) in [5.74, 6) is 0.621. The van der Waals surface area contributed by atoms with Crippen molar-refractivity contribution in [3.05, 3.63) is 52.3 Å². The maximum absolute atomic E-state index is 11.9. The van der Waals surface area contributed by atoms with Gasteiger partial charge in [0.25, 0.3) is 5.69 Å². The molecule has 1 aromatic carbocycles. The van der Waals surface area contributed by atoms with E-state index in [4.69, 9.17) is 15.2 Å². The number of nitro groups is 1. The summed E-state index contributed by atoms with van der Waals surface area (Å²) in [6.45, 7) is 0. The molecule has 1 aliphatic rings. The van der Waals surface area contributed by atoms with Crippen LogP contribution in [0.4, 0.5) is 16.4 Å². The van der Waals surface area contributed by atoms with E-state index in [0.717, 1.165) is 12.0 Å². The molecule has 0 unspecified atom stereocenters. The summed E-state index contributed by atoms with van der Waals surface area (Å²) >= 11 is 0. The first kappa shape index (κ1) is 16.6. The summed E-state index contributed by atoms with van der Waals surface area (Å²) < 4.78 is 10.4. The Bertz CT molecular complexity index is 763. The predicted octanol–water partition coefficient (Wildman–Crippen LogP) is 2.82. The lowest BCUT2D eigenvalue weighted by molar-refractivity contribution is -0.384. The lowest BCUT2D eigenvalue weighted by atomic mass is 10.0. The van der Waals surface area contributed by atoms with Gasteiger partial charge < -0.3 is 15.2 Å². The molecule has 9 nitrogen and oxygen atoms in total. The minimum atomic E-state index is -0.826. The van der Waals surface area contributed by atoms with Crippen LogP contribution in [0.3, 0.4) is 0 Å². The quantitative estimate of drug-likeness (QED) is 0.388. The Hall–Kier alpha value is -3.23. The van der Waals surface area contributed by atoms with Crippen LogP contribution < -0.4 is 10.5 Å². The molecule has 0 aliphatic heterocycles. The minimum Gasteiger partial charge on any atom is -0.431 e. The van der Waals surface area contributed by atoms with Gasteiger partial charge in [0, 0.05) is 24.5 Å². The number of nitrogens with two attached hydrogens (primary N) is 1. The molecule has 1 saturated carbocycles. The van der Waals surface area contributed by atoms with Crippen molar-refractivity contribution in [2.75, 3.05) is 5.73 Å². The molecule has 0 amide bonds. The smallest absolute Gasteiger partial charge is 0.431 e. The Morgan fingerprint density at radius 3 is 2.52 bits per heavy atom. The summed E-state index contributed by atoms with van der Waals surface area (Å²) in [6, 6.07) is 5.22. The highest BCUT2D eigenvalue weighted by atomic mass is 16.7. The number of nitro benzene ring substituents is 1. The summed E-state index contributed by atoms with van der Waals surface area (Å²) in [7, 11) is 0. The van der Waals surface area contributed by atoms with Crippen LogP contribution in [0.1, 0.15) is 30.7 Å². The molecule has 2 aromatic rings. The number of nitrogens with zero attached hydrogens (tertiary/aromatic N) is 3. The summed E-state index contributed by atoms with van der Waals surface area (Å²) in [5.41, 5.74) is 6.36. The zero-order valence-electron chi connectivity index (χ0n) is 13.2. The Kier molecular flexibility index (Phi) is 4.73. The van der Waals surface area contributed by atoms with Crippen LogP contribution in [0.2, 0.25) is 0 Å². The van der Waals surface area contributed by atoms with E-state index < -0.39 is 11.1 Å². The number of aromatic nitrogens is 2. The van der Waals surface area contributed by atoms with Crippen LogP contribution in [0.5, 0.6) is 5.75 Å². The number of non-ortho nitro benzene ring substituents is 1. The number of carbonyl (C=O) groups excluding carboxylic acids is 1. The molecule has 1 aliphatic carbocycles. The van der Waals surface area contributed by atoms with Gasteiger partial charge in [-0.1, -0.05) is 0 Å². The van der Waals surface area contributed by atoms with E-state index in [1.165, 1.54) is 24.3 Å². The van der Waals surface area contributed by atoms with Crippen molar-refractivity contribution in [2.24, 2.45) is 0 Å². The van der Waals surface area contributed by atoms with E-state index in [9.17, 15) is 14.9 Å². The molecule has 25 heavy (non-hydrogen) atoms. The highest BCUT2D eigenvalue weighted by Crippen LogP contribution is 2.35. The van der Waals surface area contributed by atoms with Crippen LogP contribution in [-0.2, 0) is 4.74 Å². The molecule has 9 heteroatoms. The van der Waals surface area contributed by atoms with Crippen molar-refractivity contribution < 1.29 is 19.2 Å². The largest absolute Gasteiger partial charge is 0.514 e. The van der Waals surface area contributed by atoms with Crippen molar-refractivity contribution in [1.29, 1.82) is 0 Å². The molecular formula is C16H16N4O5. The zero-order valence-corrected chi connectivity index (χ0v) is 13.2. The van der Waals surface area contributed by atoms with Gasteiger partial charge in [-0.25, -0.2) is 14.8 Å². The fraction of sp³-hybridized carbons (Fsp3) is 0.312. The average Bonchev–Trinajstić information content (AvgIpc) is 3.04. The third-order valence-electron chi connectivity index (χ3n) is 4.06. The molecule has 1 fully saturated rings. The second-order valence-corrected chi connectivity index (χ2v) is 5.73. The predicted molar refractivity (Wildman–Crippen MR) is 87.0 cm³/mol. The molecule has 0 bridgehead atoms. The fourth-order valence-electron chi connectivity index (χ4n) is 2.80. The zero-order chi connectivity index (χ0) is 17.8. The van der Waals surface area contributed by atoms with Crippen molar-refractivity contribution in [2.45, 2.75) is 31.3 Å². The maximum atomic E-state index is 11.9. The lowest BCUT2D eigenvalue weighted by Gasteiger charge is -2.12. The lowest BCUT2D eigenvalue weighted by Crippen LogP contribution is -2.18.